The van der Waals surface area contributed by atoms with E-state index in [-0.39, 0.29) is 18.0 Å². The Kier molecular flexibility index (Phi) is 5.20. The minimum atomic E-state index is -1.06. The fourth-order valence-corrected chi connectivity index (χ4v) is 2.32. The van der Waals surface area contributed by atoms with Gasteiger partial charge in [0.05, 0.1) is 22.8 Å². The van der Waals surface area contributed by atoms with E-state index in [0.29, 0.717) is 16.8 Å². The Labute approximate surface area is 128 Å². The number of rotatable bonds is 7. The molecular formula is C15H19ClN2O3. The van der Waals surface area contributed by atoms with Crippen molar-refractivity contribution in [3.8, 4) is 0 Å². The Morgan fingerprint density at radius 3 is 2.76 bits per heavy atom. The number of nitrogens with one attached hydrogen (secondary N) is 2. The van der Waals surface area contributed by atoms with Crippen molar-refractivity contribution in [2.75, 3.05) is 11.9 Å². The molecule has 0 aromatic heterocycles. The summed E-state index contributed by atoms with van der Waals surface area (Å²) >= 11 is 5.96. The van der Waals surface area contributed by atoms with Crippen LogP contribution in [0.4, 0.5) is 5.69 Å². The van der Waals surface area contributed by atoms with E-state index in [9.17, 15) is 9.59 Å². The summed E-state index contributed by atoms with van der Waals surface area (Å²) in [6, 6.07) is 4.51. The Morgan fingerprint density at radius 2 is 2.14 bits per heavy atom. The molecule has 0 heterocycles. The molecule has 1 aliphatic rings. The van der Waals surface area contributed by atoms with Crippen LogP contribution in [0.5, 0.6) is 0 Å². The summed E-state index contributed by atoms with van der Waals surface area (Å²) in [6.45, 7) is 2.24. The van der Waals surface area contributed by atoms with Gasteiger partial charge in [-0.15, -0.1) is 0 Å². The maximum absolute atomic E-state index is 11.9. The summed E-state index contributed by atoms with van der Waals surface area (Å²) in [7, 11) is 0. The van der Waals surface area contributed by atoms with Gasteiger partial charge >= 0.3 is 5.97 Å². The van der Waals surface area contributed by atoms with E-state index < -0.39 is 5.97 Å². The third-order valence-corrected chi connectivity index (χ3v) is 3.81. The standard InChI is InChI=1S/C15H19ClN2O3/c1-9(6-10-2-3-10)17-8-14(19)18-13-7-11(15(20)21)4-5-12(13)16/h4-5,7,9-10,17H,2-3,6,8H2,1H3,(H,18,19)(H,20,21). The van der Waals surface area contributed by atoms with Crippen LogP contribution in [0.15, 0.2) is 18.2 Å². The van der Waals surface area contributed by atoms with Crippen molar-refractivity contribution < 1.29 is 14.7 Å². The van der Waals surface area contributed by atoms with Crippen LogP contribution in [-0.4, -0.2) is 29.6 Å². The van der Waals surface area contributed by atoms with Gasteiger partial charge in [-0.1, -0.05) is 24.4 Å². The molecule has 0 aliphatic heterocycles. The quantitative estimate of drug-likeness (QED) is 0.723. The highest BCUT2D eigenvalue weighted by Crippen LogP contribution is 2.33. The number of anilines is 1. The Hall–Kier alpha value is -1.59. The molecule has 2 rings (SSSR count). The zero-order valence-corrected chi connectivity index (χ0v) is 12.6. The molecule has 1 saturated carbocycles. The zero-order chi connectivity index (χ0) is 15.4. The number of hydrogen-bond acceptors (Lipinski definition) is 3. The lowest BCUT2D eigenvalue weighted by molar-refractivity contribution is -0.115. The maximum Gasteiger partial charge on any atom is 0.335 e. The van der Waals surface area contributed by atoms with Crippen molar-refractivity contribution in [1.29, 1.82) is 0 Å². The van der Waals surface area contributed by atoms with Crippen LogP contribution >= 0.6 is 11.6 Å². The number of carbonyl (C=O) groups excluding carboxylic acids is 1. The molecule has 1 unspecified atom stereocenters. The fourth-order valence-electron chi connectivity index (χ4n) is 2.15. The van der Waals surface area contributed by atoms with Gasteiger partial charge in [0.2, 0.25) is 5.91 Å². The normalized spacial score (nSPS) is 15.5. The van der Waals surface area contributed by atoms with Gasteiger partial charge in [0, 0.05) is 6.04 Å². The predicted molar refractivity (Wildman–Crippen MR) is 81.8 cm³/mol. The van der Waals surface area contributed by atoms with Gasteiger partial charge in [-0.2, -0.15) is 0 Å². The second-order valence-electron chi connectivity index (χ2n) is 5.51. The largest absolute Gasteiger partial charge is 0.478 e. The fraction of sp³-hybridized carbons (Fsp3) is 0.467. The van der Waals surface area contributed by atoms with Crippen molar-refractivity contribution in [2.45, 2.75) is 32.2 Å². The second kappa shape index (κ2) is 6.91. The molecule has 1 atom stereocenters. The molecule has 1 amide bonds. The molecule has 0 spiro atoms. The van der Waals surface area contributed by atoms with Crippen LogP contribution < -0.4 is 10.6 Å². The van der Waals surface area contributed by atoms with Crippen LogP contribution in [-0.2, 0) is 4.79 Å². The van der Waals surface area contributed by atoms with Crippen molar-refractivity contribution in [3.63, 3.8) is 0 Å². The Balaban J connectivity index is 1.86. The number of aromatic carboxylic acids is 1. The Bertz CT molecular complexity index is 544. The summed E-state index contributed by atoms with van der Waals surface area (Å²) in [5.41, 5.74) is 0.406. The highest BCUT2D eigenvalue weighted by atomic mass is 35.5. The zero-order valence-electron chi connectivity index (χ0n) is 11.9. The molecule has 1 aliphatic carbocycles. The first-order valence-corrected chi connectivity index (χ1v) is 7.39. The average Bonchev–Trinajstić information content (AvgIpc) is 3.22. The molecule has 1 aromatic carbocycles. The van der Waals surface area contributed by atoms with Crippen molar-refractivity contribution >= 4 is 29.2 Å². The van der Waals surface area contributed by atoms with Gasteiger partial charge in [-0.3, -0.25) is 4.79 Å². The van der Waals surface area contributed by atoms with E-state index in [0.717, 1.165) is 12.3 Å². The van der Waals surface area contributed by atoms with Gasteiger partial charge in [0.15, 0.2) is 0 Å². The number of halogens is 1. The predicted octanol–water partition coefficient (Wildman–Crippen LogP) is 2.75. The molecule has 0 bridgehead atoms. The van der Waals surface area contributed by atoms with Crippen LogP contribution in [0.2, 0.25) is 5.02 Å². The van der Waals surface area contributed by atoms with E-state index >= 15 is 0 Å². The molecule has 0 radical (unpaired) electrons. The summed E-state index contributed by atoms with van der Waals surface area (Å²) in [4.78, 5) is 22.8. The molecular weight excluding hydrogens is 292 g/mol. The first kappa shape index (κ1) is 15.8. The van der Waals surface area contributed by atoms with Crippen LogP contribution in [0, 0.1) is 5.92 Å². The Morgan fingerprint density at radius 1 is 1.43 bits per heavy atom. The first-order valence-electron chi connectivity index (χ1n) is 7.01. The number of carboxylic acid groups (broad SMARTS) is 1. The molecule has 0 saturated heterocycles. The minimum absolute atomic E-state index is 0.0877. The molecule has 5 nitrogen and oxygen atoms in total. The van der Waals surface area contributed by atoms with E-state index in [1.807, 2.05) is 0 Å². The lowest BCUT2D eigenvalue weighted by Gasteiger charge is -2.13. The molecule has 1 aromatic rings. The molecule has 1 fully saturated rings. The third kappa shape index (κ3) is 5.02. The summed E-state index contributed by atoms with van der Waals surface area (Å²) in [5.74, 6) is -0.488. The minimum Gasteiger partial charge on any atom is -0.478 e. The lowest BCUT2D eigenvalue weighted by atomic mass is 10.1. The SMILES string of the molecule is CC(CC1CC1)NCC(=O)Nc1cc(C(=O)O)ccc1Cl. The first-order chi connectivity index (χ1) is 9.95. The highest BCUT2D eigenvalue weighted by molar-refractivity contribution is 6.33. The van der Waals surface area contributed by atoms with Crippen molar-refractivity contribution in [3.05, 3.63) is 28.8 Å². The van der Waals surface area contributed by atoms with Gasteiger partial charge in [-0.05, 0) is 37.5 Å². The number of amides is 1. The topological polar surface area (TPSA) is 78.4 Å². The van der Waals surface area contributed by atoms with E-state index in [1.165, 1.54) is 31.0 Å². The van der Waals surface area contributed by atoms with E-state index in [2.05, 4.69) is 17.6 Å². The van der Waals surface area contributed by atoms with Gasteiger partial charge in [0.1, 0.15) is 0 Å². The van der Waals surface area contributed by atoms with E-state index in [4.69, 9.17) is 16.7 Å². The molecule has 6 heteroatoms. The molecule has 114 valence electrons. The van der Waals surface area contributed by atoms with Crippen LogP contribution in [0.1, 0.15) is 36.5 Å². The lowest BCUT2D eigenvalue weighted by Crippen LogP contribution is -2.34. The number of carboxylic acids is 1. The monoisotopic (exact) mass is 310 g/mol. The van der Waals surface area contributed by atoms with Crippen LogP contribution in [0.3, 0.4) is 0 Å². The number of carbonyl (C=O) groups is 2. The van der Waals surface area contributed by atoms with Gasteiger partial charge in [-0.25, -0.2) is 4.79 Å². The van der Waals surface area contributed by atoms with Gasteiger partial charge < -0.3 is 15.7 Å². The summed E-state index contributed by atoms with van der Waals surface area (Å²) in [6.07, 6.45) is 3.66. The second-order valence-corrected chi connectivity index (χ2v) is 5.92. The highest BCUT2D eigenvalue weighted by Gasteiger charge is 2.23. The molecule has 3 N–H and O–H groups in total. The number of benzene rings is 1. The van der Waals surface area contributed by atoms with E-state index in [1.54, 1.807) is 0 Å². The third-order valence-electron chi connectivity index (χ3n) is 3.48. The van der Waals surface area contributed by atoms with Crippen molar-refractivity contribution in [2.24, 2.45) is 5.92 Å². The van der Waals surface area contributed by atoms with Gasteiger partial charge in [0.25, 0.3) is 0 Å². The average molecular weight is 311 g/mol. The smallest absolute Gasteiger partial charge is 0.335 e. The summed E-state index contributed by atoms with van der Waals surface area (Å²) < 4.78 is 0. The summed E-state index contributed by atoms with van der Waals surface area (Å²) in [5, 5.41) is 15.0. The molecule has 21 heavy (non-hydrogen) atoms. The van der Waals surface area contributed by atoms with Crippen LogP contribution in [0.25, 0.3) is 0 Å². The number of hydrogen-bond donors (Lipinski definition) is 3. The van der Waals surface area contributed by atoms with Crippen molar-refractivity contribution in [1.82, 2.24) is 5.32 Å². The maximum atomic E-state index is 11.9.